The first-order valence-corrected chi connectivity index (χ1v) is 3.77. The third-order valence-corrected chi connectivity index (χ3v) is 1.79. The van der Waals surface area contributed by atoms with Crippen LogP contribution < -0.4 is 0 Å². The number of H-pyrrole nitrogens is 1. The molecular weight excluding hydrogens is 136 g/mol. The first kappa shape index (κ1) is 6.40. The van der Waals surface area contributed by atoms with E-state index in [-0.39, 0.29) is 0 Å². The van der Waals surface area contributed by atoms with E-state index in [1.165, 1.54) is 5.69 Å². The highest BCUT2D eigenvalue weighted by Crippen LogP contribution is 2.07. The summed E-state index contributed by atoms with van der Waals surface area (Å²) >= 11 is 0. The fourth-order valence-corrected chi connectivity index (χ4v) is 1.23. The van der Waals surface area contributed by atoms with Crippen LogP contribution in [0.3, 0.4) is 0 Å². The fourth-order valence-electron chi connectivity index (χ4n) is 1.23. The van der Waals surface area contributed by atoms with Gasteiger partial charge in [-0.15, -0.1) is 0 Å². The van der Waals surface area contributed by atoms with Crippen molar-refractivity contribution in [3.63, 3.8) is 0 Å². The molecule has 11 heavy (non-hydrogen) atoms. The maximum atomic E-state index is 4.25. The molecule has 1 unspecified atom stereocenters. The molecule has 0 saturated heterocycles. The van der Waals surface area contributed by atoms with Crippen LogP contribution in [0.5, 0.6) is 0 Å². The van der Waals surface area contributed by atoms with E-state index in [4.69, 9.17) is 0 Å². The Labute approximate surface area is 65.7 Å². The number of rotatable bonds is 2. The third kappa shape index (κ3) is 1.40. The molecule has 0 spiro atoms. The molecule has 0 radical (unpaired) electrons. The highest BCUT2D eigenvalue weighted by molar-refractivity contribution is 5.74. The first-order valence-electron chi connectivity index (χ1n) is 3.77. The van der Waals surface area contributed by atoms with E-state index in [1.807, 2.05) is 24.6 Å². The van der Waals surface area contributed by atoms with Crippen LogP contribution in [0, 0.1) is 0 Å². The van der Waals surface area contributed by atoms with Crippen LogP contribution in [0.2, 0.25) is 0 Å². The Morgan fingerprint density at radius 1 is 1.55 bits per heavy atom. The molecule has 2 heteroatoms. The van der Waals surface area contributed by atoms with Crippen LogP contribution in [-0.4, -0.2) is 17.2 Å². The van der Waals surface area contributed by atoms with Crippen molar-refractivity contribution in [3.05, 3.63) is 36.2 Å². The average molecular weight is 146 g/mol. The zero-order chi connectivity index (χ0) is 7.52. The Balaban J connectivity index is 2.01. The molecule has 1 aromatic heterocycles. The molecule has 0 fully saturated rings. The lowest BCUT2D eigenvalue weighted by atomic mass is 10.2. The highest BCUT2D eigenvalue weighted by atomic mass is 14.8. The second-order valence-electron chi connectivity index (χ2n) is 2.65. The van der Waals surface area contributed by atoms with Gasteiger partial charge in [-0.2, -0.15) is 0 Å². The van der Waals surface area contributed by atoms with E-state index in [0.717, 1.165) is 6.42 Å². The summed E-state index contributed by atoms with van der Waals surface area (Å²) in [6, 6.07) is 4.45. The largest absolute Gasteiger partial charge is 0.365 e. The lowest BCUT2D eigenvalue weighted by Crippen LogP contribution is -2.01. The molecule has 1 N–H and O–H groups in total. The number of nitrogens with zero attached hydrogens (tertiary/aromatic N) is 1. The summed E-state index contributed by atoms with van der Waals surface area (Å²) in [5.74, 6) is 0. The topological polar surface area (TPSA) is 28.1 Å². The highest BCUT2D eigenvalue weighted by Gasteiger charge is 2.05. The lowest BCUT2D eigenvalue weighted by Gasteiger charge is -2.00. The summed E-state index contributed by atoms with van der Waals surface area (Å²) in [5.41, 5.74) is 1.25. The molecule has 2 rings (SSSR count). The molecular formula is C9H10N2. The normalized spacial score (nSPS) is 21.3. The predicted octanol–water partition coefficient (Wildman–Crippen LogP) is 1.57. The van der Waals surface area contributed by atoms with Gasteiger partial charge in [0.05, 0.1) is 6.04 Å². The van der Waals surface area contributed by atoms with Gasteiger partial charge in [0, 0.05) is 24.5 Å². The molecule has 0 amide bonds. The van der Waals surface area contributed by atoms with Crippen molar-refractivity contribution < 1.29 is 0 Å². The molecule has 2 nitrogen and oxygen atoms in total. The average Bonchev–Trinajstić information content (AvgIpc) is 2.60. The van der Waals surface area contributed by atoms with Crippen molar-refractivity contribution >= 4 is 6.21 Å². The minimum Gasteiger partial charge on any atom is -0.365 e. The molecule has 0 bridgehead atoms. The number of aliphatic imine (C=N–C) groups is 1. The minimum atomic E-state index is 0.355. The summed E-state index contributed by atoms with van der Waals surface area (Å²) in [5, 5.41) is 0. The van der Waals surface area contributed by atoms with Crippen LogP contribution in [0.1, 0.15) is 5.69 Å². The second-order valence-corrected chi connectivity index (χ2v) is 2.65. The zero-order valence-corrected chi connectivity index (χ0v) is 6.20. The molecule has 1 aliphatic heterocycles. The number of aromatic nitrogens is 1. The number of aromatic amines is 1. The first-order chi connectivity index (χ1) is 5.45. The molecule has 1 atom stereocenters. The Morgan fingerprint density at radius 3 is 3.18 bits per heavy atom. The van der Waals surface area contributed by atoms with Crippen LogP contribution in [0.25, 0.3) is 0 Å². The van der Waals surface area contributed by atoms with Gasteiger partial charge in [-0.3, -0.25) is 4.99 Å². The number of nitrogens with one attached hydrogen (secondary N) is 1. The van der Waals surface area contributed by atoms with E-state index in [0.29, 0.717) is 6.04 Å². The van der Waals surface area contributed by atoms with Gasteiger partial charge in [-0.05, 0) is 18.2 Å². The predicted molar refractivity (Wildman–Crippen MR) is 45.9 cm³/mol. The lowest BCUT2D eigenvalue weighted by molar-refractivity contribution is 0.809. The molecule has 1 aliphatic rings. The van der Waals surface area contributed by atoms with Gasteiger partial charge in [-0.1, -0.05) is 6.08 Å². The summed E-state index contributed by atoms with van der Waals surface area (Å²) in [7, 11) is 0. The SMILES string of the molecule is C1=CC(Cc2ccc[nH]2)N=C1. The molecule has 1 aromatic rings. The fraction of sp³-hybridized carbons (Fsp3) is 0.222. The third-order valence-electron chi connectivity index (χ3n) is 1.79. The smallest absolute Gasteiger partial charge is 0.0737 e. The number of hydrogen-bond donors (Lipinski definition) is 1. The summed E-state index contributed by atoms with van der Waals surface area (Å²) in [4.78, 5) is 7.41. The standard InChI is InChI=1S/C9H10N2/c1-3-8(10-5-1)7-9-4-2-6-11-9/h1-6,8,11H,7H2. The summed E-state index contributed by atoms with van der Waals surface area (Å²) in [6.45, 7) is 0. The van der Waals surface area contributed by atoms with Gasteiger partial charge in [0.2, 0.25) is 0 Å². The van der Waals surface area contributed by atoms with E-state index in [2.05, 4.69) is 22.1 Å². The van der Waals surface area contributed by atoms with E-state index in [9.17, 15) is 0 Å². The van der Waals surface area contributed by atoms with Gasteiger partial charge >= 0.3 is 0 Å². The maximum Gasteiger partial charge on any atom is 0.0737 e. The van der Waals surface area contributed by atoms with Crippen molar-refractivity contribution in [3.8, 4) is 0 Å². The molecule has 2 heterocycles. The van der Waals surface area contributed by atoms with Crippen molar-refractivity contribution in [1.29, 1.82) is 0 Å². The Bertz CT molecular complexity index is 258. The molecule has 0 saturated carbocycles. The van der Waals surface area contributed by atoms with E-state index < -0.39 is 0 Å². The maximum absolute atomic E-state index is 4.25. The van der Waals surface area contributed by atoms with E-state index >= 15 is 0 Å². The minimum absolute atomic E-state index is 0.355. The molecule has 0 aliphatic carbocycles. The zero-order valence-electron chi connectivity index (χ0n) is 6.20. The van der Waals surface area contributed by atoms with Gasteiger partial charge < -0.3 is 4.98 Å². The second kappa shape index (κ2) is 2.74. The quantitative estimate of drug-likeness (QED) is 0.656. The monoisotopic (exact) mass is 146 g/mol. The molecule has 56 valence electrons. The van der Waals surface area contributed by atoms with Gasteiger partial charge in [-0.25, -0.2) is 0 Å². The van der Waals surface area contributed by atoms with Crippen LogP contribution in [0.4, 0.5) is 0 Å². The number of hydrogen-bond acceptors (Lipinski definition) is 1. The summed E-state index contributed by atoms with van der Waals surface area (Å²) < 4.78 is 0. The van der Waals surface area contributed by atoms with Crippen LogP contribution >= 0.6 is 0 Å². The Morgan fingerprint density at radius 2 is 2.55 bits per heavy atom. The Hall–Kier alpha value is -1.31. The van der Waals surface area contributed by atoms with Crippen LogP contribution in [0.15, 0.2) is 35.5 Å². The Kier molecular flexibility index (Phi) is 1.60. The molecule has 0 aromatic carbocycles. The van der Waals surface area contributed by atoms with Crippen molar-refractivity contribution in [1.82, 2.24) is 4.98 Å². The summed E-state index contributed by atoms with van der Waals surface area (Å²) in [6.07, 6.45) is 8.89. The van der Waals surface area contributed by atoms with Crippen LogP contribution in [-0.2, 0) is 6.42 Å². The van der Waals surface area contributed by atoms with Crippen molar-refractivity contribution in [2.75, 3.05) is 0 Å². The van der Waals surface area contributed by atoms with E-state index in [1.54, 1.807) is 0 Å². The van der Waals surface area contributed by atoms with Gasteiger partial charge in [0.25, 0.3) is 0 Å². The number of allylic oxidation sites excluding steroid dienone is 1. The van der Waals surface area contributed by atoms with Crippen molar-refractivity contribution in [2.45, 2.75) is 12.5 Å². The van der Waals surface area contributed by atoms with Gasteiger partial charge in [0.15, 0.2) is 0 Å². The van der Waals surface area contributed by atoms with Crippen molar-refractivity contribution in [2.24, 2.45) is 4.99 Å². The van der Waals surface area contributed by atoms with Gasteiger partial charge in [0.1, 0.15) is 0 Å².